The maximum atomic E-state index is 3.70. The van der Waals surface area contributed by atoms with Gasteiger partial charge in [-0.2, -0.15) is 0 Å². The third kappa shape index (κ3) is 3.65. The molecule has 1 nitrogen and oxygen atoms in total. The summed E-state index contributed by atoms with van der Waals surface area (Å²) in [6, 6.07) is 8.60. The molecule has 76 valence electrons. The molecule has 0 bridgehead atoms. The number of allylic oxidation sites excluding steroid dienone is 1. The summed E-state index contributed by atoms with van der Waals surface area (Å²) < 4.78 is 0. The molecular formula is C13H19N. The monoisotopic (exact) mass is 189 g/mol. The minimum Gasteiger partial charge on any atom is -0.385 e. The van der Waals surface area contributed by atoms with E-state index in [4.69, 9.17) is 0 Å². The van der Waals surface area contributed by atoms with Crippen molar-refractivity contribution < 1.29 is 0 Å². The van der Waals surface area contributed by atoms with Crippen molar-refractivity contribution in [2.24, 2.45) is 0 Å². The average Bonchev–Trinajstić information content (AvgIpc) is 2.25. The quantitative estimate of drug-likeness (QED) is 0.532. The Balaban J connectivity index is 2.38. The summed E-state index contributed by atoms with van der Waals surface area (Å²) in [4.78, 5) is 0. The summed E-state index contributed by atoms with van der Waals surface area (Å²) in [5.41, 5.74) is 2.62. The zero-order chi connectivity index (χ0) is 10.2. The van der Waals surface area contributed by atoms with Gasteiger partial charge < -0.3 is 5.32 Å². The molecule has 0 radical (unpaired) electrons. The fourth-order valence-electron chi connectivity index (χ4n) is 1.38. The summed E-state index contributed by atoms with van der Waals surface area (Å²) in [5, 5.41) is 3.41. The zero-order valence-corrected chi connectivity index (χ0v) is 8.92. The number of anilines is 1. The van der Waals surface area contributed by atoms with Gasteiger partial charge >= 0.3 is 0 Å². The minimum absolute atomic E-state index is 1.03. The third-order valence-corrected chi connectivity index (χ3v) is 2.25. The highest BCUT2D eigenvalue weighted by molar-refractivity contribution is 5.45. The first-order valence-electron chi connectivity index (χ1n) is 5.30. The number of benzene rings is 1. The van der Waals surface area contributed by atoms with Gasteiger partial charge in [0.05, 0.1) is 0 Å². The summed E-state index contributed by atoms with van der Waals surface area (Å²) in [6.07, 6.45) is 5.30. The van der Waals surface area contributed by atoms with Gasteiger partial charge in [-0.25, -0.2) is 0 Å². The molecule has 1 aromatic rings. The molecule has 0 aliphatic rings. The maximum absolute atomic E-state index is 3.70. The molecule has 0 saturated carbocycles. The number of nitrogens with one attached hydrogen (secondary N) is 1. The molecular weight excluding hydrogens is 170 g/mol. The number of hydrogen-bond acceptors (Lipinski definition) is 1. The second kappa shape index (κ2) is 6.25. The summed E-state index contributed by atoms with van der Waals surface area (Å²) in [7, 11) is 0. The fourth-order valence-corrected chi connectivity index (χ4v) is 1.38. The van der Waals surface area contributed by atoms with Gasteiger partial charge in [0, 0.05) is 12.2 Å². The van der Waals surface area contributed by atoms with Crippen LogP contribution in [0.5, 0.6) is 0 Å². The molecule has 1 N–H and O–H groups in total. The van der Waals surface area contributed by atoms with Crippen molar-refractivity contribution in [3.05, 3.63) is 42.5 Å². The van der Waals surface area contributed by atoms with Crippen LogP contribution in [-0.2, 0) is 6.42 Å². The van der Waals surface area contributed by atoms with Crippen LogP contribution in [0.2, 0.25) is 0 Å². The Morgan fingerprint density at radius 3 is 3.00 bits per heavy atom. The standard InChI is InChI=1S/C13H19N/c1-3-5-6-10-14-13-9-7-8-12(4-2)11-13/h3,7-9,11,14H,1,4-6,10H2,2H3. The lowest BCUT2D eigenvalue weighted by Gasteiger charge is -2.06. The van der Waals surface area contributed by atoms with Crippen LogP contribution in [0, 0.1) is 0 Å². The van der Waals surface area contributed by atoms with E-state index in [-0.39, 0.29) is 0 Å². The predicted octanol–water partition coefficient (Wildman–Crippen LogP) is 3.63. The number of hydrogen-bond donors (Lipinski definition) is 1. The Bertz CT molecular complexity index is 278. The first kappa shape index (κ1) is 10.8. The molecule has 0 aromatic heterocycles. The Morgan fingerprint density at radius 2 is 2.29 bits per heavy atom. The van der Waals surface area contributed by atoms with Gasteiger partial charge in [-0.3, -0.25) is 0 Å². The smallest absolute Gasteiger partial charge is 0.0342 e. The number of rotatable bonds is 6. The van der Waals surface area contributed by atoms with Crippen molar-refractivity contribution in [3.63, 3.8) is 0 Å². The maximum Gasteiger partial charge on any atom is 0.0342 e. The molecule has 1 aromatic carbocycles. The van der Waals surface area contributed by atoms with Crippen molar-refractivity contribution in [3.8, 4) is 0 Å². The molecule has 0 heterocycles. The second-order valence-electron chi connectivity index (χ2n) is 3.41. The highest BCUT2D eigenvalue weighted by Crippen LogP contribution is 2.10. The van der Waals surface area contributed by atoms with Crippen LogP contribution in [0.4, 0.5) is 5.69 Å². The zero-order valence-electron chi connectivity index (χ0n) is 8.92. The van der Waals surface area contributed by atoms with Crippen LogP contribution in [0.25, 0.3) is 0 Å². The minimum atomic E-state index is 1.03. The molecule has 0 aliphatic heterocycles. The topological polar surface area (TPSA) is 12.0 Å². The van der Waals surface area contributed by atoms with E-state index in [0.29, 0.717) is 0 Å². The first-order valence-corrected chi connectivity index (χ1v) is 5.30. The Labute approximate surface area is 86.8 Å². The lowest BCUT2D eigenvalue weighted by atomic mass is 10.1. The summed E-state index contributed by atoms with van der Waals surface area (Å²) in [5.74, 6) is 0. The molecule has 0 spiro atoms. The van der Waals surface area contributed by atoms with Gasteiger partial charge in [0.1, 0.15) is 0 Å². The molecule has 0 amide bonds. The molecule has 1 heteroatoms. The van der Waals surface area contributed by atoms with Gasteiger partial charge in [-0.05, 0) is 37.0 Å². The fraction of sp³-hybridized carbons (Fsp3) is 0.385. The van der Waals surface area contributed by atoms with E-state index in [1.165, 1.54) is 11.3 Å². The Hall–Kier alpha value is -1.24. The first-order chi connectivity index (χ1) is 6.86. The molecule has 1 rings (SSSR count). The largest absolute Gasteiger partial charge is 0.385 e. The van der Waals surface area contributed by atoms with Crippen LogP contribution in [0.1, 0.15) is 25.3 Å². The van der Waals surface area contributed by atoms with E-state index in [0.717, 1.165) is 25.8 Å². The predicted molar refractivity (Wildman–Crippen MR) is 63.7 cm³/mol. The van der Waals surface area contributed by atoms with E-state index in [1.807, 2.05) is 6.08 Å². The van der Waals surface area contributed by atoms with E-state index in [2.05, 4.69) is 43.1 Å². The molecule has 0 aliphatic carbocycles. The lowest BCUT2D eigenvalue weighted by molar-refractivity contribution is 0.890. The average molecular weight is 189 g/mol. The molecule has 0 unspecified atom stereocenters. The van der Waals surface area contributed by atoms with Gasteiger partial charge in [-0.1, -0.05) is 25.1 Å². The van der Waals surface area contributed by atoms with Crippen molar-refractivity contribution in [2.45, 2.75) is 26.2 Å². The highest BCUT2D eigenvalue weighted by Gasteiger charge is 1.92. The van der Waals surface area contributed by atoms with E-state index < -0.39 is 0 Å². The van der Waals surface area contributed by atoms with E-state index >= 15 is 0 Å². The van der Waals surface area contributed by atoms with Crippen molar-refractivity contribution in [1.29, 1.82) is 0 Å². The van der Waals surface area contributed by atoms with Crippen molar-refractivity contribution in [2.75, 3.05) is 11.9 Å². The normalized spacial score (nSPS) is 9.79. The highest BCUT2D eigenvalue weighted by atomic mass is 14.9. The SMILES string of the molecule is C=CCCCNc1cccc(CC)c1. The summed E-state index contributed by atoms with van der Waals surface area (Å²) in [6.45, 7) is 6.91. The van der Waals surface area contributed by atoms with Crippen LogP contribution in [-0.4, -0.2) is 6.54 Å². The van der Waals surface area contributed by atoms with Crippen LogP contribution < -0.4 is 5.32 Å². The molecule has 0 fully saturated rings. The van der Waals surface area contributed by atoms with Crippen LogP contribution in [0.3, 0.4) is 0 Å². The molecule has 0 saturated heterocycles. The van der Waals surface area contributed by atoms with Gasteiger partial charge in [0.15, 0.2) is 0 Å². The van der Waals surface area contributed by atoms with Gasteiger partial charge in [0.2, 0.25) is 0 Å². The van der Waals surface area contributed by atoms with Crippen LogP contribution >= 0.6 is 0 Å². The van der Waals surface area contributed by atoms with Gasteiger partial charge in [-0.15, -0.1) is 6.58 Å². The number of unbranched alkanes of at least 4 members (excludes halogenated alkanes) is 1. The van der Waals surface area contributed by atoms with Crippen molar-refractivity contribution in [1.82, 2.24) is 0 Å². The van der Waals surface area contributed by atoms with Crippen LogP contribution in [0.15, 0.2) is 36.9 Å². The Kier molecular flexibility index (Phi) is 4.84. The summed E-state index contributed by atoms with van der Waals surface area (Å²) >= 11 is 0. The van der Waals surface area contributed by atoms with Gasteiger partial charge in [0.25, 0.3) is 0 Å². The Morgan fingerprint density at radius 1 is 1.43 bits per heavy atom. The lowest BCUT2D eigenvalue weighted by Crippen LogP contribution is -2.00. The second-order valence-corrected chi connectivity index (χ2v) is 3.41. The molecule has 0 atom stereocenters. The molecule has 14 heavy (non-hydrogen) atoms. The number of aryl methyl sites for hydroxylation is 1. The van der Waals surface area contributed by atoms with E-state index in [9.17, 15) is 0 Å². The third-order valence-electron chi connectivity index (χ3n) is 2.25. The van der Waals surface area contributed by atoms with Crippen molar-refractivity contribution >= 4 is 5.69 Å². The van der Waals surface area contributed by atoms with E-state index in [1.54, 1.807) is 0 Å².